The van der Waals surface area contributed by atoms with Gasteiger partial charge in [0, 0.05) is 5.25 Å². The summed E-state index contributed by atoms with van der Waals surface area (Å²) < 4.78 is 5.61. The second-order valence-corrected chi connectivity index (χ2v) is 5.38. The Bertz CT molecular complexity index is 304. The van der Waals surface area contributed by atoms with E-state index in [4.69, 9.17) is 10.5 Å². The highest BCUT2D eigenvalue weighted by Gasteiger charge is 2.00. The molecule has 0 bridgehead atoms. The van der Waals surface area contributed by atoms with E-state index in [1.165, 1.54) is 6.42 Å². The standard InChI is InChI=1S/C13H21NOS/c1-3-11(2)16-10-6-9-15-13-8-5-4-7-12(13)14/h4-5,7-8,11H,3,6,9-10,14H2,1-2H3. The molecule has 1 unspecified atom stereocenters. The maximum atomic E-state index is 5.77. The van der Waals surface area contributed by atoms with Crippen LogP contribution in [-0.2, 0) is 0 Å². The molecule has 1 aromatic rings. The van der Waals surface area contributed by atoms with Gasteiger partial charge in [-0.1, -0.05) is 26.0 Å². The molecule has 16 heavy (non-hydrogen) atoms. The molecule has 0 saturated carbocycles. The molecule has 0 spiro atoms. The van der Waals surface area contributed by atoms with E-state index in [0.717, 1.165) is 35.5 Å². The minimum Gasteiger partial charge on any atom is -0.491 e. The SMILES string of the molecule is CCC(C)SCCCOc1ccccc1N. The van der Waals surface area contributed by atoms with Gasteiger partial charge in [0.1, 0.15) is 5.75 Å². The Hall–Kier alpha value is -0.830. The molecular weight excluding hydrogens is 218 g/mol. The van der Waals surface area contributed by atoms with Crippen molar-refractivity contribution in [1.29, 1.82) is 0 Å². The summed E-state index contributed by atoms with van der Waals surface area (Å²) in [6.07, 6.45) is 2.31. The summed E-state index contributed by atoms with van der Waals surface area (Å²) in [5, 5.41) is 0.752. The molecule has 0 aliphatic carbocycles. The normalized spacial score (nSPS) is 12.4. The molecule has 1 aromatic carbocycles. The lowest BCUT2D eigenvalue weighted by Crippen LogP contribution is -2.03. The molecule has 2 nitrogen and oxygen atoms in total. The first-order valence-electron chi connectivity index (χ1n) is 5.83. The minimum absolute atomic E-state index is 0.720. The Morgan fingerprint density at radius 2 is 2.12 bits per heavy atom. The minimum atomic E-state index is 0.720. The molecule has 1 atom stereocenters. The fourth-order valence-electron chi connectivity index (χ4n) is 1.26. The van der Waals surface area contributed by atoms with Crippen molar-refractivity contribution >= 4 is 17.4 Å². The first kappa shape index (κ1) is 13.2. The molecular formula is C13H21NOS. The smallest absolute Gasteiger partial charge is 0.142 e. The highest BCUT2D eigenvalue weighted by atomic mass is 32.2. The van der Waals surface area contributed by atoms with Gasteiger partial charge in [0.15, 0.2) is 0 Å². The van der Waals surface area contributed by atoms with Crippen LogP contribution >= 0.6 is 11.8 Å². The van der Waals surface area contributed by atoms with Crippen LogP contribution in [0.25, 0.3) is 0 Å². The summed E-state index contributed by atoms with van der Waals surface area (Å²) in [4.78, 5) is 0. The van der Waals surface area contributed by atoms with E-state index in [1.54, 1.807) is 0 Å². The van der Waals surface area contributed by atoms with Gasteiger partial charge in [-0.3, -0.25) is 0 Å². The highest BCUT2D eigenvalue weighted by Crippen LogP contribution is 2.20. The lowest BCUT2D eigenvalue weighted by molar-refractivity contribution is 0.320. The number of nitrogen functional groups attached to an aromatic ring is 1. The molecule has 0 amide bonds. The van der Waals surface area contributed by atoms with Gasteiger partial charge in [-0.05, 0) is 30.7 Å². The number of hydrogen-bond acceptors (Lipinski definition) is 3. The van der Waals surface area contributed by atoms with Crippen molar-refractivity contribution in [3.8, 4) is 5.75 Å². The maximum Gasteiger partial charge on any atom is 0.142 e. The van der Waals surface area contributed by atoms with E-state index >= 15 is 0 Å². The lowest BCUT2D eigenvalue weighted by Gasteiger charge is -2.10. The number of anilines is 1. The summed E-state index contributed by atoms with van der Waals surface area (Å²) in [5.41, 5.74) is 6.49. The molecule has 0 radical (unpaired) electrons. The van der Waals surface area contributed by atoms with Crippen molar-refractivity contribution in [2.75, 3.05) is 18.1 Å². The fourth-order valence-corrected chi connectivity index (χ4v) is 2.18. The van der Waals surface area contributed by atoms with Crippen LogP contribution in [-0.4, -0.2) is 17.6 Å². The Balaban J connectivity index is 2.14. The molecule has 0 aliphatic rings. The third-order valence-corrected chi connectivity index (χ3v) is 3.87. The molecule has 1 rings (SSSR count). The molecule has 0 aromatic heterocycles. The van der Waals surface area contributed by atoms with Crippen LogP contribution in [0.1, 0.15) is 26.7 Å². The zero-order valence-electron chi connectivity index (χ0n) is 10.1. The summed E-state index contributed by atoms with van der Waals surface area (Å²) in [7, 11) is 0. The van der Waals surface area contributed by atoms with E-state index in [-0.39, 0.29) is 0 Å². The first-order chi connectivity index (χ1) is 7.74. The summed E-state index contributed by atoms with van der Waals surface area (Å²) in [6.45, 7) is 5.23. The van der Waals surface area contributed by atoms with Crippen molar-refractivity contribution in [3.63, 3.8) is 0 Å². The van der Waals surface area contributed by atoms with Gasteiger partial charge >= 0.3 is 0 Å². The quantitative estimate of drug-likeness (QED) is 0.583. The van der Waals surface area contributed by atoms with Crippen molar-refractivity contribution in [1.82, 2.24) is 0 Å². The Kier molecular flexibility index (Phi) is 6.16. The van der Waals surface area contributed by atoms with Crippen molar-refractivity contribution in [3.05, 3.63) is 24.3 Å². The van der Waals surface area contributed by atoms with Crippen LogP contribution in [0, 0.1) is 0 Å². The summed E-state index contributed by atoms with van der Waals surface area (Å²) in [6, 6.07) is 7.64. The first-order valence-corrected chi connectivity index (χ1v) is 6.87. The van der Waals surface area contributed by atoms with Crippen LogP contribution in [0.4, 0.5) is 5.69 Å². The van der Waals surface area contributed by atoms with E-state index in [1.807, 2.05) is 36.0 Å². The Morgan fingerprint density at radius 3 is 2.81 bits per heavy atom. The van der Waals surface area contributed by atoms with E-state index < -0.39 is 0 Å². The van der Waals surface area contributed by atoms with Gasteiger partial charge in [-0.15, -0.1) is 0 Å². The van der Waals surface area contributed by atoms with Crippen LogP contribution in [0.2, 0.25) is 0 Å². The van der Waals surface area contributed by atoms with E-state index in [0.29, 0.717) is 0 Å². The largest absolute Gasteiger partial charge is 0.491 e. The number of thioether (sulfide) groups is 1. The number of hydrogen-bond donors (Lipinski definition) is 1. The molecule has 90 valence electrons. The van der Waals surface area contributed by atoms with E-state index in [2.05, 4.69) is 13.8 Å². The van der Waals surface area contributed by atoms with Crippen molar-refractivity contribution in [2.45, 2.75) is 31.9 Å². The molecule has 0 saturated heterocycles. The fraction of sp³-hybridized carbons (Fsp3) is 0.538. The van der Waals surface area contributed by atoms with Crippen molar-refractivity contribution < 1.29 is 4.74 Å². The van der Waals surface area contributed by atoms with Crippen LogP contribution in [0.3, 0.4) is 0 Å². The van der Waals surface area contributed by atoms with Gasteiger partial charge in [0.05, 0.1) is 12.3 Å². The highest BCUT2D eigenvalue weighted by molar-refractivity contribution is 7.99. The van der Waals surface area contributed by atoms with Gasteiger partial charge in [0.2, 0.25) is 0 Å². The van der Waals surface area contributed by atoms with Crippen LogP contribution in [0.5, 0.6) is 5.75 Å². The van der Waals surface area contributed by atoms with Gasteiger partial charge < -0.3 is 10.5 Å². The third kappa shape index (κ3) is 4.79. The number of benzene rings is 1. The molecule has 0 aliphatic heterocycles. The molecule has 2 N–H and O–H groups in total. The van der Waals surface area contributed by atoms with Crippen LogP contribution < -0.4 is 10.5 Å². The van der Waals surface area contributed by atoms with Crippen LogP contribution in [0.15, 0.2) is 24.3 Å². The predicted molar refractivity (Wildman–Crippen MR) is 73.2 cm³/mol. The molecule has 3 heteroatoms. The van der Waals surface area contributed by atoms with Gasteiger partial charge in [-0.2, -0.15) is 11.8 Å². The monoisotopic (exact) mass is 239 g/mol. The average Bonchev–Trinajstić information content (AvgIpc) is 2.30. The zero-order chi connectivity index (χ0) is 11.8. The van der Waals surface area contributed by atoms with E-state index in [9.17, 15) is 0 Å². The molecule has 0 fully saturated rings. The third-order valence-electron chi connectivity index (χ3n) is 2.44. The number of para-hydroxylation sites is 2. The number of nitrogens with two attached hydrogens (primary N) is 1. The topological polar surface area (TPSA) is 35.2 Å². The predicted octanol–water partition coefficient (Wildman–Crippen LogP) is 3.57. The van der Waals surface area contributed by atoms with Crippen molar-refractivity contribution in [2.24, 2.45) is 0 Å². The Labute approximate surface area is 103 Å². The van der Waals surface area contributed by atoms with Gasteiger partial charge in [-0.25, -0.2) is 0 Å². The lowest BCUT2D eigenvalue weighted by atomic mass is 10.3. The van der Waals surface area contributed by atoms with Gasteiger partial charge in [0.25, 0.3) is 0 Å². The summed E-state index contributed by atoms with van der Waals surface area (Å²) >= 11 is 2.00. The maximum absolute atomic E-state index is 5.77. The Morgan fingerprint density at radius 1 is 1.38 bits per heavy atom. The summed E-state index contributed by atoms with van der Waals surface area (Å²) in [5.74, 6) is 1.96. The second-order valence-electron chi connectivity index (χ2n) is 3.83. The number of ether oxygens (including phenoxy) is 1. The molecule has 0 heterocycles. The second kappa shape index (κ2) is 7.44. The average molecular weight is 239 g/mol. The number of rotatable bonds is 7. The zero-order valence-corrected chi connectivity index (χ0v) is 10.9.